The van der Waals surface area contributed by atoms with Gasteiger partial charge >= 0.3 is 0 Å². The number of nitrogens with zero attached hydrogens (tertiary/aromatic N) is 4. The van der Waals surface area contributed by atoms with Crippen molar-refractivity contribution in [3.05, 3.63) is 71.9 Å². The molecule has 244 valence electrons. The van der Waals surface area contributed by atoms with Crippen LogP contribution < -0.4 is 4.90 Å². The molecule has 4 aromatic rings. The van der Waals surface area contributed by atoms with Crippen LogP contribution >= 0.6 is 0 Å². The lowest BCUT2D eigenvalue weighted by Gasteiger charge is -2.44. The number of rotatable bonds is 5. The van der Waals surface area contributed by atoms with Gasteiger partial charge in [-0.3, -0.25) is 18.7 Å². The van der Waals surface area contributed by atoms with Crippen LogP contribution in [0.2, 0.25) is 0 Å². The monoisotopic (exact) mass is 649 g/mol. The summed E-state index contributed by atoms with van der Waals surface area (Å²) in [6, 6.07) is 19.4. The van der Waals surface area contributed by atoms with Crippen LogP contribution in [0.25, 0.3) is 33.4 Å². The summed E-state index contributed by atoms with van der Waals surface area (Å²) in [7, 11) is 1.13. The molecule has 5 unspecified atom stereocenters. The number of amides is 2. The van der Waals surface area contributed by atoms with Crippen LogP contribution in [-0.4, -0.2) is 79.5 Å². The van der Waals surface area contributed by atoms with Crippen molar-refractivity contribution < 1.29 is 13.8 Å². The van der Waals surface area contributed by atoms with E-state index in [0.717, 1.165) is 83.6 Å². The average molecular weight is 650 g/mol. The maximum Gasteiger partial charge on any atom is 0.237 e. The van der Waals surface area contributed by atoms with Gasteiger partial charge in [-0.05, 0) is 67.8 Å². The first-order chi connectivity index (χ1) is 22.7. The highest BCUT2D eigenvalue weighted by atomic mass is 32.2. The van der Waals surface area contributed by atoms with E-state index in [1.54, 1.807) is 6.92 Å². The standard InChI is InChI=1S/C38H43N5O3S/c1-23-18-28-19-38(20-30(23)43(28)24(2)44)34-31(41(3)37(38)45)21-39-36-33(34)32(26-8-6-5-7-9-26)35(40-36)27-12-10-25(11-13-27)22-42-16-14-29(15-17-42)47(4)46/h5-13,21,23,28-30H,14-20,22H2,1-4H3,(H,39,40). The van der Waals surface area contributed by atoms with Crippen LogP contribution in [0.15, 0.2) is 60.8 Å². The third-order valence-corrected chi connectivity index (χ3v) is 13.0. The molecule has 2 bridgehead atoms. The highest BCUT2D eigenvalue weighted by molar-refractivity contribution is 7.84. The Labute approximate surface area is 279 Å². The van der Waals surface area contributed by atoms with Gasteiger partial charge in [-0.2, -0.15) is 0 Å². The number of fused-ring (bicyclic) bond motifs is 6. The lowest BCUT2D eigenvalue weighted by molar-refractivity contribution is -0.138. The van der Waals surface area contributed by atoms with Crippen molar-refractivity contribution in [2.45, 2.75) is 75.2 Å². The number of piperidine rings is 2. The Morgan fingerprint density at radius 2 is 1.77 bits per heavy atom. The largest absolute Gasteiger partial charge is 0.339 e. The van der Waals surface area contributed by atoms with Gasteiger partial charge in [0.1, 0.15) is 5.65 Å². The molecule has 2 aromatic carbocycles. The predicted octanol–water partition coefficient (Wildman–Crippen LogP) is 5.87. The maximum absolute atomic E-state index is 14.4. The van der Waals surface area contributed by atoms with Crippen LogP contribution in [0.3, 0.4) is 0 Å². The first-order valence-corrected chi connectivity index (χ1v) is 18.6. The van der Waals surface area contributed by atoms with Crippen LogP contribution in [0.4, 0.5) is 5.69 Å². The number of carbonyl (C=O) groups excluding carboxylic acids is 2. The number of hydrogen-bond donors (Lipinski definition) is 1. The Morgan fingerprint density at radius 1 is 1.04 bits per heavy atom. The maximum atomic E-state index is 14.4. The molecule has 1 spiro atoms. The van der Waals surface area contributed by atoms with E-state index in [-0.39, 0.29) is 23.9 Å². The summed E-state index contributed by atoms with van der Waals surface area (Å²) >= 11 is 0. The fraction of sp³-hybridized carbons (Fsp3) is 0.447. The van der Waals surface area contributed by atoms with Crippen LogP contribution in [0, 0.1) is 5.92 Å². The summed E-state index contributed by atoms with van der Waals surface area (Å²) in [4.78, 5) is 42.2. The topological polar surface area (TPSA) is 89.6 Å². The fourth-order valence-electron chi connectivity index (χ4n) is 9.40. The zero-order valence-corrected chi connectivity index (χ0v) is 28.5. The Bertz CT molecular complexity index is 1900. The molecule has 4 aliphatic rings. The van der Waals surface area contributed by atoms with Crippen LogP contribution in [0.5, 0.6) is 0 Å². The van der Waals surface area contributed by atoms with E-state index in [4.69, 9.17) is 4.98 Å². The van der Waals surface area contributed by atoms with E-state index in [2.05, 4.69) is 70.2 Å². The molecule has 2 aromatic heterocycles. The number of aromatic amines is 1. The van der Waals surface area contributed by atoms with Gasteiger partial charge in [0.05, 0.1) is 23.0 Å². The molecule has 8 nitrogen and oxygen atoms in total. The minimum absolute atomic E-state index is 0.0406. The number of H-pyrrole nitrogens is 1. The number of benzene rings is 2. The molecule has 0 aliphatic carbocycles. The SMILES string of the molecule is CC(=O)N1C2CC(C)C1CC1(C2)C(=O)N(C)c2cnc3[nH]c(-c4ccc(CN5CCC(S(C)=O)CC5)cc4)c(-c4ccccc4)c3c21. The number of hydrogen-bond acceptors (Lipinski definition) is 5. The fourth-order valence-corrected chi connectivity index (χ4v) is 10.3. The number of likely N-dealkylation sites (tertiary alicyclic amines) is 1. The number of likely N-dealkylation sites (N-methyl/N-ethyl adjacent to an activating group) is 1. The second kappa shape index (κ2) is 11.4. The van der Waals surface area contributed by atoms with Gasteiger partial charge in [-0.1, -0.05) is 61.5 Å². The molecule has 1 N–H and O–H groups in total. The Hall–Kier alpha value is -3.82. The van der Waals surface area contributed by atoms with Gasteiger partial charge in [-0.15, -0.1) is 0 Å². The third kappa shape index (κ3) is 4.79. The van der Waals surface area contributed by atoms with Crippen molar-refractivity contribution in [2.24, 2.45) is 5.92 Å². The van der Waals surface area contributed by atoms with Gasteiger partial charge in [0.15, 0.2) is 0 Å². The van der Waals surface area contributed by atoms with E-state index in [9.17, 15) is 13.8 Å². The van der Waals surface area contributed by atoms with Crippen molar-refractivity contribution in [3.63, 3.8) is 0 Å². The Morgan fingerprint density at radius 3 is 2.43 bits per heavy atom. The summed E-state index contributed by atoms with van der Waals surface area (Å²) in [5.41, 5.74) is 7.51. The second-order valence-electron chi connectivity index (χ2n) is 14.4. The quantitative estimate of drug-likeness (QED) is 0.292. The van der Waals surface area contributed by atoms with Crippen LogP contribution in [-0.2, 0) is 32.3 Å². The lowest BCUT2D eigenvalue weighted by atomic mass is 9.69. The number of pyridine rings is 1. The number of anilines is 1. The highest BCUT2D eigenvalue weighted by Crippen LogP contribution is 2.58. The molecule has 9 heteroatoms. The van der Waals surface area contributed by atoms with Gasteiger partial charge in [0.25, 0.3) is 0 Å². The number of nitrogens with one attached hydrogen (secondary N) is 1. The van der Waals surface area contributed by atoms with Gasteiger partial charge in [-0.25, -0.2) is 4.98 Å². The zero-order chi connectivity index (χ0) is 32.6. The summed E-state index contributed by atoms with van der Waals surface area (Å²) in [6.07, 6.45) is 7.86. The molecule has 4 aliphatic heterocycles. The molecule has 5 atom stereocenters. The van der Waals surface area contributed by atoms with Crippen molar-refractivity contribution in [1.29, 1.82) is 0 Å². The van der Waals surface area contributed by atoms with E-state index in [1.165, 1.54) is 5.56 Å². The van der Waals surface area contributed by atoms with Crippen molar-refractivity contribution in [3.8, 4) is 22.4 Å². The van der Waals surface area contributed by atoms with E-state index in [1.807, 2.05) is 30.5 Å². The smallest absolute Gasteiger partial charge is 0.237 e. The van der Waals surface area contributed by atoms with E-state index < -0.39 is 16.2 Å². The summed E-state index contributed by atoms with van der Waals surface area (Å²) in [5.74, 6) is 0.574. The predicted molar refractivity (Wildman–Crippen MR) is 188 cm³/mol. The molecular formula is C38H43N5O3S. The van der Waals surface area contributed by atoms with Gasteiger partial charge in [0, 0.05) is 71.4 Å². The normalized spacial score (nSPS) is 26.8. The van der Waals surface area contributed by atoms with Gasteiger partial charge in [0.2, 0.25) is 11.8 Å². The van der Waals surface area contributed by atoms with E-state index in [0.29, 0.717) is 24.0 Å². The minimum atomic E-state index is -0.749. The molecule has 0 saturated carbocycles. The van der Waals surface area contributed by atoms with Gasteiger partial charge < -0.3 is 14.8 Å². The molecule has 2 amide bonds. The summed E-state index contributed by atoms with van der Waals surface area (Å²) < 4.78 is 11.9. The van der Waals surface area contributed by atoms with Crippen LogP contribution in [0.1, 0.15) is 57.1 Å². The molecule has 47 heavy (non-hydrogen) atoms. The Kier molecular flexibility index (Phi) is 7.41. The van der Waals surface area contributed by atoms with Crippen molar-refractivity contribution >= 4 is 39.3 Å². The molecule has 0 radical (unpaired) electrons. The molecule has 6 heterocycles. The Balaban J connectivity index is 1.23. The zero-order valence-electron chi connectivity index (χ0n) is 27.7. The van der Waals surface area contributed by atoms with E-state index >= 15 is 0 Å². The molecular weight excluding hydrogens is 607 g/mol. The second-order valence-corrected chi connectivity index (χ2v) is 16.0. The molecule has 3 fully saturated rings. The molecule has 3 saturated heterocycles. The minimum Gasteiger partial charge on any atom is -0.339 e. The number of aromatic nitrogens is 2. The first-order valence-electron chi connectivity index (χ1n) is 17.0. The summed E-state index contributed by atoms with van der Waals surface area (Å²) in [6.45, 7) is 6.73. The summed E-state index contributed by atoms with van der Waals surface area (Å²) in [5, 5.41) is 1.33. The lowest BCUT2D eigenvalue weighted by Crippen LogP contribution is -2.55. The molecule has 8 rings (SSSR count). The van der Waals surface area contributed by atoms with Crippen molar-refractivity contribution in [1.82, 2.24) is 19.8 Å². The highest BCUT2D eigenvalue weighted by Gasteiger charge is 2.61. The van der Waals surface area contributed by atoms with Crippen molar-refractivity contribution in [2.75, 3.05) is 31.3 Å². The first kappa shape index (κ1) is 30.5. The average Bonchev–Trinajstić information content (AvgIpc) is 3.63. The third-order valence-electron chi connectivity index (χ3n) is 11.6. The number of carbonyl (C=O) groups is 2.